The number of hydrogen-bond acceptors (Lipinski definition) is 4. The number of carbonyl (C=O) groups is 1. The molecule has 1 aliphatic heterocycles. The number of anilines is 1. The molecule has 1 atom stereocenters. The molecule has 0 spiro atoms. The van der Waals surface area contributed by atoms with Crippen molar-refractivity contribution < 1.29 is 13.2 Å². The fraction of sp³-hybridized carbons (Fsp3) is 0.435. The summed E-state index contributed by atoms with van der Waals surface area (Å²) < 4.78 is 26.6. The van der Waals surface area contributed by atoms with E-state index in [-0.39, 0.29) is 10.8 Å². The zero-order chi connectivity index (χ0) is 21.7. The average molecular weight is 430 g/mol. The van der Waals surface area contributed by atoms with E-state index in [4.69, 9.17) is 0 Å². The van der Waals surface area contributed by atoms with Crippen LogP contribution in [0.2, 0.25) is 0 Å². The summed E-state index contributed by atoms with van der Waals surface area (Å²) in [6.45, 7) is 7.36. The quantitative estimate of drug-likeness (QED) is 0.700. The number of para-hydroxylation sites is 1. The van der Waals surface area contributed by atoms with Crippen LogP contribution in [0.5, 0.6) is 0 Å². The van der Waals surface area contributed by atoms with Crippen molar-refractivity contribution in [2.45, 2.75) is 51.1 Å². The maximum Gasteiger partial charge on any atom is 0.243 e. The second kappa shape index (κ2) is 9.62. The Kier molecular flexibility index (Phi) is 7.15. The van der Waals surface area contributed by atoms with Crippen molar-refractivity contribution in [2.24, 2.45) is 0 Å². The SMILES string of the molecule is CCN(CC)S(=O)(=O)c1ccc(CNC(=O)CN2c3ccccc3CC[C@H]2C)cc1. The Hall–Kier alpha value is -2.38. The van der Waals surface area contributed by atoms with Crippen molar-refractivity contribution in [2.75, 3.05) is 24.5 Å². The first-order chi connectivity index (χ1) is 14.4. The van der Waals surface area contributed by atoms with E-state index < -0.39 is 10.0 Å². The lowest BCUT2D eigenvalue weighted by Gasteiger charge is -2.36. The molecule has 7 heteroatoms. The molecular formula is C23H31N3O3S. The molecular weight excluding hydrogens is 398 g/mol. The summed E-state index contributed by atoms with van der Waals surface area (Å²) in [7, 11) is -3.46. The average Bonchev–Trinajstić information content (AvgIpc) is 2.75. The minimum atomic E-state index is -3.46. The van der Waals surface area contributed by atoms with Crippen molar-refractivity contribution in [3.05, 3.63) is 59.7 Å². The number of benzene rings is 2. The Bertz CT molecular complexity index is 969. The van der Waals surface area contributed by atoms with Crippen LogP contribution in [-0.4, -0.2) is 44.3 Å². The summed E-state index contributed by atoms with van der Waals surface area (Å²) in [4.78, 5) is 15.0. The molecule has 0 unspecified atom stereocenters. The molecule has 30 heavy (non-hydrogen) atoms. The molecule has 2 aromatic carbocycles. The van der Waals surface area contributed by atoms with Gasteiger partial charge in [-0.05, 0) is 49.1 Å². The van der Waals surface area contributed by atoms with Crippen LogP contribution in [-0.2, 0) is 27.8 Å². The van der Waals surface area contributed by atoms with E-state index in [1.54, 1.807) is 24.3 Å². The zero-order valence-corrected chi connectivity index (χ0v) is 18.8. The first-order valence-electron chi connectivity index (χ1n) is 10.6. The minimum absolute atomic E-state index is 0.0432. The maximum atomic E-state index is 12.6. The second-order valence-electron chi connectivity index (χ2n) is 7.65. The third kappa shape index (κ3) is 4.84. The summed E-state index contributed by atoms with van der Waals surface area (Å²) in [5.41, 5.74) is 3.29. The monoisotopic (exact) mass is 429 g/mol. The highest BCUT2D eigenvalue weighted by Gasteiger charge is 2.24. The van der Waals surface area contributed by atoms with Crippen molar-refractivity contribution in [3.63, 3.8) is 0 Å². The Balaban J connectivity index is 1.60. The summed E-state index contributed by atoms with van der Waals surface area (Å²) in [5.74, 6) is -0.0432. The van der Waals surface area contributed by atoms with Crippen molar-refractivity contribution >= 4 is 21.6 Å². The molecule has 6 nitrogen and oxygen atoms in total. The largest absolute Gasteiger partial charge is 0.359 e. The number of fused-ring (bicyclic) bond motifs is 1. The Morgan fingerprint density at radius 1 is 1.10 bits per heavy atom. The number of sulfonamides is 1. The molecule has 1 amide bonds. The van der Waals surface area contributed by atoms with E-state index in [0.29, 0.717) is 32.2 Å². The highest BCUT2D eigenvalue weighted by atomic mass is 32.2. The van der Waals surface area contributed by atoms with Crippen LogP contribution in [0.4, 0.5) is 5.69 Å². The molecule has 1 N–H and O–H groups in total. The van der Waals surface area contributed by atoms with Crippen LogP contribution in [0, 0.1) is 0 Å². The van der Waals surface area contributed by atoms with E-state index in [1.165, 1.54) is 9.87 Å². The lowest BCUT2D eigenvalue weighted by atomic mass is 9.96. The molecule has 0 bridgehead atoms. The molecule has 0 radical (unpaired) electrons. The molecule has 0 fully saturated rings. The first-order valence-corrected chi connectivity index (χ1v) is 12.0. The van der Waals surface area contributed by atoms with Gasteiger partial charge in [-0.2, -0.15) is 4.31 Å². The van der Waals surface area contributed by atoms with Crippen LogP contribution < -0.4 is 10.2 Å². The molecule has 1 aliphatic rings. The van der Waals surface area contributed by atoms with Crippen molar-refractivity contribution in [1.82, 2.24) is 9.62 Å². The molecule has 0 aromatic heterocycles. The summed E-state index contributed by atoms with van der Waals surface area (Å²) in [6.07, 6.45) is 2.07. The zero-order valence-electron chi connectivity index (χ0n) is 18.0. The van der Waals surface area contributed by atoms with Crippen LogP contribution >= 0.6 is 0 Å². The van der Waals surface area contributed by atoms with Crippen LogP contribution in [0.3, 0.4) is 0 Å². The van der Waals surface area contributed by atoms with E-state index in [0.717, 1.165) is 24.1 Å². The van der Waals surface area contributed by atoms with Gasteiger partial charge < -0.3 is 10.2 Å². The fourth-order valence-electron chi connectivity index (χ4n) is 3.90. The predicted molar refractivity (Wildman–Crippen MR) is 120 cm³/mol. The van der Waals surface area contributed by atoms with E-state index >= 15 is 0 Å². The van der Waals surface area contributed by atoms with Gasteiger partial charge >= 0.3 is 0 Å². The Morgan fingerprint density at radius 3 is 2.43 bits per heavy atom. The van der Waals surface area contributed by atoms with E-state index in [9.17, 15) is 13.2 Å². The highest BCUT2D eigenvalue weighted by Crippen LogP contribution is 2.30. The second-order valence-corrected chi connectivity index (χ2v) is 9.59. The van der Waals surface area contributed by atoms with Gasteiger partial charge in [0.1, 0.15) is 0 Å². The Labute approximate surface area is 179 Å². The summed E-state index contributed by atoms with van der Waals surface area (Å²) in [5, 5.41) is 2.96. The lowest BCUT2D eigenvalue weighted by molar-refractivity contribution is -0.120. The predicted octanol–water partition coefficient (Wildman–Crippen LogP) is 3.17. The third-order valence-electron chi connectivity index (χ3n) is 5.73. The van der Waals surface area contributed by atoms with Gasteiger partial charge in [-0.1, -0.05) is 44.2 Å². The van der Waals surface area contributed by atoms with Gasteiger partial charge in [0.25, 0.3) is 0 Å². The van der Waals surface area contributed by atoms with Gasteiger partial charge in [0.2, 0.25) is 15.9 Å². The highest BCUT2D eigenvalue weighted by molar-refractivity contribution is 7.89. The standard InChI is InChI=1S/C23H31N3O3S/c1-4-25(5-2)30(28,29)21-14-11-19(12-15-21)16-24-23(27)17-26-18(3)10-13-20-8-6-7-9-22(20)26/h6-9,11-12,14-15,18H,4-5,10,13,16-17H2,1-3H3,(H,24,27)/t18-/m1/s1. The topological polar surface area (TPSA) is 69.7 Å². The molecule has 2 aromatic rings. The van der Waals surface area contributed by atoms with Crippen LogP contribution in [0.1, 0.15) is 38.3 Å². The number of carbonyl (C=O) groups excluding carboxylic acids is 1. The number of aryl methyl sites for hydroxylation is 1. The van der Waals surface area contributed by atoms with Gasteiger partial charge in [0, 0.05) is 31.4 Å². The van der Waals surface area contributed by atoms with Gasteiger partial charge in [-0.25, -0.2) is 8.42 Å². The molecule has 0 saturated heterocycles. The number of hydrogen-bond donors (Lipinski definition) is 1. The number of rotatable bonds is 8. The summed E-state index contributed by atoms with van der Waals surface area (Å²) >= 11 is 0. The van der Waals surface area contributed by atoms with Gasteiger partial charge in [-0.15, -0.1) is 0 Å². The number of nitrogens with zero attached hydrogens (tertiary/aromatic N) is 2. The van der Waals surface area contributed by atoms with E-state index in [1.807, 2.05) is 26.0 Å². The molecule has 0 aliphatic carbocycles. The van der Waals surface area contributed by atoms with Crippen molar-refractivity contribution in [1.29, 1.82) is 0 Å². The van der Waals surface area contributed by atoms with Gasteiger partial charge in [0.05, 0.1) is 11.4 Å². The fourth-order valence-corrected chi connectivity index (χ4v) is 5.36. The molecule has 0 saturated carbocycles. The number of nitrogens with one attached hydrogen (secondary N) is 1. The smallest absolute Gasteiger partial charge is 0.243 e. The minimum Gasteiger partial charge on any atom is -0.359 e. The molecule has 162 valence electrons. The maximum absolute atomic E-state index is 12.6. The normalized spacial score (nSPS) is 16.4. The van der Waals surface area contributed by atoms with Gasteiger partial charge in [0.15, 0.2) is 0 Å². The Morgan fingerprint density at radius 2 is 1.77 bits per heavy atom. The van der Waals surface area contributed by atoms with E-state index in [2.05, 4.69) is 29.3 Å². The van der Waals surface area contributed by atoms with Crippen LogP contribution in [0.25, 0.3) is 0 Å². The lowest BCUT2D eigenvalue weighted by Crippen LogP contribution is -2.44. The summed E-state index contributed by atoms with van der Waals surface area (Å²) in [6, 6.07) is 15.3. The molecule has 3 rings (SSSR count). The van der Waals surface area contributed by atoms with Crippen molar-refractivity contribution in [3.8, 4) is 0 Å². The van der Waals surface area contributed by atoms with Gasteiger partial charge in [-0.3, -0.25) is 4.79 Å². The molecule has 1 heterocycles. The van der Waals surface area contributed by atoms with Crippen LogP contribution in [0.15, 0.2) is 53.4 Å². The first kappa shape index (κ1) is 22.3. The number of amides is 1. The third-order valence-corrected chi connectivity index (χ3v) is 7.80.